The maximum atomic E-state index is 11.9. The Labute approximate surface area is 97.8 Å². The molecule has 2 aromatic heterocycles. The zero-order valence-electron chi connectivity index (χ0n) is 9.81. The second-order valence-electron chi connectivity index (χ2n) is 3.64. The number of nitrogens with zero attached hydrogens (tertiary/aromatic N) is 3. The van der Waals surface area contributed by atoms with Crippen LogP contribution in [-0.2, 0) is 0 Å². The highest BCUT2D eigenvalue weighted by Crippen LogP contribution is 2.20. The van der Waals surface area contributed by atoms with Crippen LogP contribution in [0.25, 0.3) is 0 Å². The minimum atomic E-state index is -0.277. The number of aryl methyl sites for hydroxylation is 2. The van der Waals surface area contributed by atoms with Gasteiger partial charge in [-0.25, -0.2) is 4.79 Å². The molecular formula is C10H13N5O2. The third-order valence-electron chi connectivity index (χ3n) is 2.44. The van der Waals surface area contributed by atoms with Crippen molar-refractivity contribution in [3.05, 3.63) is 23.8 Å². The van der Waals surface area contributed by atoms with E-state index in [0.717, 1.165) is 0 Å². The number of aromatic amines is 1. The van der Waals surface area contributed by atoms with E-state index in [0.29, 0.717) is 22.8 Å². The van der Waals surface area contributed by atoms with Crippen LogP contribution in [-0.4, -0.2) is 28.4 Å². The summed E-state index contributed by atoms with van der Waals surface area (Å²) in [7, 11) is 1.65. The van der Waals surface area contributed by atoms with E-state index in [4.69, 9.17) is 4.52 Å². The van der Waals surface area contributed by atoms with Crippen LogP contribution in [0, 0.1) is 13.8 Å². The van der Waals surface area contributed by atoms with Gasteiger partial charge in [0.1, 0.15) is 11.4 Å². The largest absolute Gasteiger partial charge is 0.359 e. The molecular weight excluding hydrogens is 222 g/mol. The van der Waals surface area contributed by atoms with E-state index in [-0.39, 0.29) is 6.03 Å². The summed E-state index contributed by atoms with van der Waals surface area (Å²) in [6.07, 6.45) is 3.19. The Morgan fingerprint density at radius 3 is 2.82 bits per heavy atom. The molecule has 0 radical (unpaired) electrons. The summed E-state index contributed by atoms with van der Waals surface area (Å²) in [6.45, 7) is 3.51. The molecule has 0 saturated carbocycles. The number of carbonyl (C=O) groups is 1. The fourth-order valence-corrected chi connectivity index (χ4v) is 1.40. The Kier molecular flexibility index (Phi) is 2.82. The average molecular weight is 235 g/mol. The van der Waals surface area contributed by atoms with E-state index in [9.17, 15) is 4.79 Å². The molecule has 0 unspecified atom stereocenters. The van der Waals surface area contributed by atoms with Crippen molar-refractivity contribution in [2.45, 2.75) is 13.8 Å². The number of H-pyrrole nitrogens is 1. The van der Waals surface area contributed by atoms with Gasteiger partial charge in [0.15, 0.2) is 5.76 Å². The van der Waals surface area contributed by atoms with Crippen molar-refractivity contribution in [1.82, 2.24) is 15.4 Å². The molecule has 2 aromatic rings. The Morgan fingerprint density at radius 1 is 1.53 bits per heavy atom. The second-order valence-corrected chi connectivity index (χ2v) is 3.64. The number of hydrogen-bond donors (Lipinski definition) is 2. The van der Waals surface area contributed by atoms with Crippen molar-refractivity contribution in [1.29, 1.82) is 0 Å². The number of anilines is 2. The molecule has 2 N–H and O–H groups in total. The van der Waals surface area contributed by atoms with Gasteiger partial charge in [-0.2, -0.15) is 5.10 Å². The van der Waals surface area contributed by atoms with Gasteiger partial charge in [-0.1, -0.05) is 5.16 Å². The Morgan fingerprint density at radius 2 is 2.29 bits per heavy atom. The van der Waals surface area contributed by atoms with E-state index in [1.165, 1.54) is 4.90 Å². The molecule has 2 rings (SSSR count). The molecule has 2 heterocycles. The lowest BCUT2D eigenvalue weighted by Gasteiger charge is -2.15. The van der Waals surface area contributed by atoms with Crippen molar-refractivity contribution in [2.75, 3.05) is 17.3 Å². The van der Waals surface area contributed by atoms with Crippen LogP contribution in [0.1, 0.15) is 11.5 Å². The molecule has 7 heteroatoms. The highest BCUT2D eigenvalue weighted by Gasteiger charge is 2.16. The second kappa shape index (κ2) is 4.28. The van der Waals surface area contributed by atoms with E-state index in [1.807, 2.05) is 0 Å². The van der Waals surface area contributed by atoms with Gasteiger partial charge >= 0.3 is 6.03 Å². The maximum absolute atomic E-state index is 11.9. The first-order valence-corrected chi connectivity index (χ1v) is 5.06. The molecule has 0 bridgehead atoms. The normalized spacial score (nSPS) is 10.3. The predicted octanol–water partition coefficient (Wildman–Crippen LogP) is 1.68. The van der Waals surface area contributed by atoms with Crippen molar-refractivity contribution in [3.8, 4) is 0 Å². The summed E-state index contributed by atoms with van der Waals surface area (Å²) >= 11 is 0. The van der Waals surface area contributed by atoms with Gasteiger partial charge in [-0.3, -0.25) is 10.00 Å². The van der Waals surface area contributed by atoms with Crippen LogP contribution < -0.4 is 10.2 Å². The zero-order chi connectivity index (χ0) is 12.4. The van der Waals surface area contributed by atoms with Gasteiger partial charge in [0, 0.05) is 13.2 Å². The van der Waals surface area contributed by atoms with Crippen LogP contribution in [0.2, 0.25) is 0 Å². The van der Waals surface area contributed by atoms with E-state index < -0.39 is 0 Å². The number of hydrogen-bond acceptors (Lipinski definition) is 4. The first kappa shape index (κ1) is 11.2. The lowest BCUT2D eigenvalue weighted by Crippen LogP contribution is -2.31. The molecule has 7 nitrogen and oxygen atoms in total. The summed E-state index contributed by atoms with van der Waals surface area (Å²) in [6, 6.07) is -0.277. The quantitative estimate of drug-likeness (QED) is 0.829. The highest BCUT2D eigenvalue weighted by atomic mass is 16.5. The molecule has 0 aromatic carbocycles. The van der Waals surface area contributed by atoms with Crippen molar-refractivity contribution in [2.24, 2.45) is 0 Å². The minimum absolute atomic E-state index is 0.277. The molecule has 0 aliphatic carbocycles. The Balaban J connectivity index is 2.12. The zero-order valence-corrected chi connectivity index (χ0v) is 9.81. The third kappa shape index (κ3) is 2.12. The summed E-state index contributed by atoms with van der Waals surface area (Å²) in [5, 5.41) is 12.9. The molecule has 17 heavy (non-hydrogen) atoms. The smallest absolute Gasteiger partial charge is 0.326 e. The van der Waals surface area contributed by atoms with Gasteiger partial charge in [0.2, 0.25) is 0 Å². The van der Waals surface area contributed by atoms with Gasteiger partial charge in [-0.05, 0) is 13.8 Å². The maximum Gasteiger partial charge on any atom is 0.326 e. The number of urea groups is 1. The average Bonchev–Trinajstić information content (AvgIpc) is 2.93. The SMILES string of the molecule is Cc1noc(C)c1NC(=O)N(C)c1cn[nH]c1. The lowest BCUT2D eigenvalue weighted by molar-refractivity contribution is 0.258. The number of nitrogens with one attached hydrogen (secondary N) is 2. The van der Waals surface area contributed by atoms with Gasteiger partial charge in [0.05, 0.1) is 11.9 Å². The van der Waals surface area contributed by atoms with Crippen LogP contribution in [0.4, 0.5) is 16.2 Å². The molecule has 0 aliphatic rings. The molecule has 0 fully saturated rings. The lowest BCUT2D eigenvalue weighted by atomic mass is 10.3. The minimum Gasteiger partial charge on any atom is -0.359 e. The molecule has 90 valence electrons. The highest BCUT2D eigenvalue weighted by molar-refractivity contribution is 6.01. The van der Waals surface area contributed by atoms with Crippen LogP contribution >= 0.6 is 0 Å². The monoisotopic (exact) mass is 235 g/mol. The Bertz CT molecular complexity index is 497. The van der Waals surface area contributed by atoms with E-state index >= 15 is 0 Å². The van der Waals surface area contributed by atoms with Crippen molar-refractivity contribution >= 4 is 17.4 Å². The molecule has 0 aliphatic heterocycles. The van der Waals surface area contributed by atoms with Gasteiger partial charge in [0.25, 0.3) is 0 Å². The first-order valence-electron chi connectivity index (χ1n) is 5.06. The Hall–Kier alpha value is -2.31. The van der Waals surface area contributed by atoms with Gasteiger partial charge in [-0.15, -0.1) is 0 Å². The fourth-order valence-electron chi connectivity index (χ4n) is 1.40. The van der Waals surface area contributed by atoms with Gasteiger partial charge < -0.3 is 9.84 Å². The van der Waals surface area contributed by atoms with Crippen LogP contribution in [0.15, 0.2) is 16.9 Å². The number of rotatable bonds is 2. The summed E-state index contributed by atoms with van der Waals surface area (Å²) in [4.78, 5) is 13.4. The van der Waals surface area contributed by atoms with Crippen LogP contribution in [0.3, 0.4) is 0 Å². The predicted molar refractivity (Wildman–Crippen MR) is 62.0 cm³/mol. The van der Waals surface area contributed by atoms with Crippen LogP contribution in [0.5, 0.6) is 0 Å². The van der Waals surface area contributed by atoms with Crippen molar-refractivity contribution < 1.29 is 9.32 Å². The summed E-state index contributed by atoms with van der Waals surface area (Å²) in [5.74, 6) is 0.580. The number of carbonyl (C=O) groups excluding carboxylic acids is 1. The topological polar surface area (TPSA) is 87.1 Å². The third-order valence-corrected chi connectivity index (χ3v) is 2.44. The summed E-state index contributed by atoms with van der Waals surface area (Å²) in [5.41, 5.74) is 1.93. The number of amides is 2. The fraction of sp³-hybridized carbons (Fsp3) is 0.300. The number of aromatic nitrogens is 3. The molecule has 0 atom stereocenters. The first-order chi connectivity index (χ1) is 8.09. The molecule has 0 spiro atoms. The standard InChI is InChI=1S/C10H13N5O2/c1-6-9(7(2)17-14-6)13-10(16)15(3)8-4-11-12-5-8/h4-5H,1-3H3,(H,11,12)(H,13,16). The molecule has 2 amide bonds. The van der Waals surface area contributed by atoms with Crippen molar-refractivity contribution in [3.63, 3.8) is 0 Å². The van der Waals surface area contributed by atoms with E-state index in [1.54, 1.807) is 33.3 Å². The summed E-state index contributed by atoms with van der Waals surface area (Å²) < 4.78 is 4.96. The van der Waals surface area contributed by atoms with E-state index in [2.05, 4.69) is 20.7 Å². The molecule has 0 saturated heterocycles.